The maximum atomic E-state index is 5.56. The van der Waals surface area contributed by atoms with E-state index in [-0.39, 0.29) is 0 Å². The number of nitrogens with zero attached hydrogens (tertiary/aromatic N) is 1. The van der Waals surface area contributed by atoms with Crippen molar-refractivity contribution < 1.29 is 9.47 Å². The summed E-state index contributed by atoms with van der Waals surface area (Å²) in [5, 5.41) is 6.62. The Morgan fingerprint density at radius 3 is 2.70 bits per heavy atom. The molecule has 130 valence electrons. The summed E-state index contributed by atoms with van der Waals surface area (Å²) < 4.78 is 10.8. The molecule has 0 fully saturated rings. The van der Waals surface area contributed by atoms with Crippen LogP contribution in [-0.4, -0.2) is 46.4 Å². The fourth-order valence-electron chi connectivity index (χ4n) is 2.07. The topological polar surface area (TPSA) is 54.9 Å². The highest BCUT2D eigenvalue weighted by Gasteiger charge is 1.99. The average molecular weight is 321 g/mol. The lowest BCUT2D eigenvalue weighted by Gasteiger charge is -2.12. The third kappa shape index (κ3) is 9.08. The van der Waals surface area contributed by atoms with Crippen molar-refractivity contribution in [2.24, 2.45) is 10.9 Å². The molecule has 0 saturated carbocycles. The molecular formula is C18H31N3O2. The van der Waals surface area contributed by atoms with Crippen molar-refractivity contribution in [3.05, 3.63) is 29.8 Å². The molecule has 5 nitrogen and oxygen atoms in total. The number of ether oxygens (including phenoxy) is 2. The minimum Gasteiger partial charge on any atom is -0.497 e. The summed E-state index contributed by atoms with van der Waals surface area (Å²) in [6.45, 7) is 7.62. The van der Waals surface area contributed by atoms with Gasteiger partial charge >= 0.3 is 0 Å². The van der Waals surface area contributed by atoms with E-state index in [1.54, 1.807) is 14.2 Å². The zero-order valence-corrected chi connectivity index (χ0v) is 14.9. The van der Waals surface area contributed by atoms with E-state index in [1.165, 1.54) is 5.56 Å². The van der Waals surface area contributed by atoms with Crippen molar-refractivity contribution in [1.82, 2.24) is 10.6 Å². The van der Waals surface area contributed by atoms with Gasteiger partial charge in [0.15, 0.2) is 5.96 Å². The highest BCUT2D eigenvalue weighted by Crippen LogP contribution is 2.12. The molecule has 23 heavy (non-hydrogen) atoms. The maximum Gasteiger partial charge on any atom is 0.190 e. The van der Waals surface area contributed by atoms with Crippen LogP contribution < -0.4 is 15.4 Å². The number of benzene rings is 1. The van der Waals surface area contributed by atoms with Gasteiger partial charge in [-0.2, -0.15) is 0 Å². The van der Waals surface area contributed by atoms with Crippen molar-refractivity contribution in [1.29, 1.82) is 0 Å². The molecule has 0 spiro atoms. The number of hydrogen-bond donors (Lipinski definition) is 2. The Bertz CT molecular complexity index is 461. The lowest BCUT2D eigenvalue weighted by Crippen LogP contribution is -2.39. The van der Waals surface area contributed by atoms with Gasteiger partial charge in [-0.15, -0.1) is 0 Å². The van der Waals surface area contributed by atoms with Gasteiger partial charge in [0, 0.05) is 33.4 Å². The summed E-state index contributed by atoms with van der Waals surface area (Å²) in [4.78, 5) is 4.23. The minimum atomic E-state index is 0.592. The van der Waals surface area contributed by atoms with Gasteiger partial charge < -0.3 is 20.1 Å². The zero-order chi connectivity index (χ0) is 16.9. The zero-order valence-electron chi connectivity index (χ0n) is 14.9. The van der Waals surface area contributed by atoms with Gasteiger partial charge in [0.1, 0.15) is 5.75 Å². The van der Waals surface area contributed by atoms with Crippen LogP contribution >= 0.6 is 0 Å². The first-order valence-electron chi connectivity index (χ1n) is 8.31. The van der Waals surface area contributed by atoms with Crippen molar-refractivity contribution in [3.8, 4) is 5.75 Å². The fraction of sp³-hybridized carbons (Fsp3) is 0.611. The molecule has 0 radical (unpaired) electrons. The van der Waals surface area contributed by atoms with E-state index in [0.29, 0.717) is 5.92 Å². The Kier molecular flexibility index (Phi) is 9.87. The Labute approximate surface area is 140 Å². The van der Waals surface area contributed by atoms with Gasteiger partial charge in [0.2, 0.25) is 0 Å². The molecule has 0 aliphatic rings. The second-order valence-corrected chi connectivity index (χ2v) is 5.85. The highest BCUT2D eigenvalue weighted by molar-refractivity contribution is 5.79. The van der Waals surface area contributed by atoms with Crippen LogP contribution in [0.25, 0.3) is 0 Å². The third-order valence-electron chi connectivity index (χ3n) is 3.27. The van der Waals surface area contributed by atoms with Gasteiger partial charge in [-0.1, -0.05) is 26.0 Å². The molecule has 0 saturated heterocycles. The van der Waals surface area contributed by atoms with E-state index in [4.69, 9.17) is 9.47 Å². The van der Waals surface area contributed by atoms with Crippen LogP contribution in [0.3, 0.4) is 0 Å². The second-order valence-electron chi connectivity index (χ2n) is 5.85. The molecule has 0 atom stereocenters. The smallest absolute Gasteiger partial charge is 0.190 e. The number of hydrogen-bond acceptors (Lipinski definition) is 3. The van der Waals surface area contributed by atoms with Crippen LogP contribution in [0.1, 0.15) is 25.8 Å². The summed E-state index contributed by atoms with van der Waals surface area (Å²) in [5.74, 6) is 2.32. The van der Waals surface area contributed by atoms with Gasteiger partial charge in [0.25, 0.3) is 0 Å². The summed E-state index contributed by atoms with van der Waals surface area (Å²) in [6, 6.07) is 8.13. The van der Waals surface area contributed by atoms with Gasteiger partial charge in [-0.05, 0) is 36.5 Å². The minimum absolute atomic E-state index is 0.592. The van der Waals surface area contributed by atoms with Gasteiger partial charge in [0.05, 0.1) is 7.11 Å². The van der Waals surface area contributed by atoms with E-state index < -0.39 is 0 Å². The Morgan fingerprint density at radius 2 is 2.00 bits per heavy atom. The number of methoxy groups -OCH3 is 1. The van der Waals surface area contributed by atoms with E-state index in [0.717, 1.165) is 50.9 Å². The number of guanidine groups is 1. The Hall–Kier alpha value is -1.75. The molecule has 0 aliphatic carbocycles. The first-order chi connectivity index (χ1) is 11.2. The normalized spacial score (nSPS) is 11.6. The molecule has 0 aliphatic heterocycles. The molecule has 0 aromatic heterocycles. The van der Waals surface area contributed by atoms with E-state index in [2.05, 4.69) is 41.6 Å². The Morgan fingerprint density at radius 1 is 1.22 bits per heavy atom. The first-order valence-corrected chi connectivity index (χ1v) is 8.31. The van der Waals surface area contributed by atoms with Gasteiger partial charge in [-0.3, -0.25) is 4.99 Å². The summed E-state index contributed by atoms with van der Waals surface area (Å²) in [6.07, 6.45) is 1.90. The van der Waals surface area contributed by atoms with Crippen LogP contribution in [0.2, 0.25) is 0 Å². The highest BCUT2D eigenvalue weighted by atomic mass is 16.5. The van der Waals surface area contributed by atoms with Crippen molar-refractivity contribution in [3.63, 3.8) is 0 Å². The summed E-state index contributed by atoms with van der Waals surface area (Å²) in [5.41, 5.74) is 1.24. The first kappa shape index (κ1) is 19.3. The quantitative estimate of drug-likeness (QED) is 0.395. The van der Waals surface area contributed by atoms with Crippen LogP contribution in [0, 0.1) is 5.92 Å². The molecule has 1 rings (SSSR count). The van der Waals surface area contributed by atoms with Crippen LogP contribution in [0.5, 0.6) is 5.75 Å². The Balaban J connectivity index is 2.16. The summed E-state index contributed by atoms with van der Waals surface area (Å²) >= 11 is 0. The predicted molar refractivity (Wildman–Crippen MR) is 96.3 cm³/mol. The van der Waals surface area contributed by atoms with Crippen LogP contribution in [0.4, 0.5) is 0 Å². The van der Waals surface area contributed by atoms with Crippen LogP contribution in [0.15, 0.2) is 29.3 Å². The molecule has 0 bridgehead atoms. The monoisotopic (exact) mass is 321 g/mol. The maximum absolute atomic E-state index is 5.56. The number of nitrogens with one attached hydrogen (secondary N) is 2. The summed E-state index contributed by atoms with van der Waals surface area (Å²) in [7, 11) is 3.48. The van der Waals surface area contributed by atoms with Crippen LogP contribution in [-0.2, 0) is 11.2 Å². The molecule has 0 unspecified atom stereocenters. The number of aliphatic imine (C=N–C) groups is 1. The molecule has 1 aromatic rings. The molecule has 0 amide bonds. The number of rotatable bonds is 10. The molecule has 5 heteroatoms. The van der Waals surface area contributed by atoms with Crippen molar-refractivity contribution in [2.45, 2.75) is 26.7 Å². The third-order valence-corrected chi connectivity index (χ3v) is 3.27. The fourth-order valence-corrected chi connectivity index (χ4v) is 2.07. The van der Waals surface area contributed by atoms with E-state index in [1.807, 2.05) is 12.1 Å². The molecule has 1 aromatic carbocycles. The molecular weight excluding hydrogens is 290 g/mol. The largest absolute Gasteiger partial charge is 0.497 e. The molecule has 0 heterocycles. The lowest BCUT2D eigenvalue weighted by atomic mass is 10.1. The van der Waals surface area contributed by atoms with E-state index in [9.17, 15) is 0 Å². The average Bonchev–Trinajstić information content (AvgIpc) is 2.56. The second kappa shape index (κ2) is 11.8. The lowest BCUT2D eigenvalue weighted by molar-refractivity contribution is 0.108. The van der Waals surface area contributed by atoms with E-state index >= 15 is 0 Å². The predicted octanol–water partition coefficient (Wildman–Crippen LogP) is 2.47. The standard InChI is InChI=1S/C18H31N3O2/c1-15(2)14-23-12-6-10-20-18(19-3)21-11-9-16-7-5-8-17(13-16)22-4/h5,7-8,13,15H,6,9-12,14H2,1-4H3,(H2,19,20,21). The SMILES string of the molecule is CN=C(NCCCOCC(C)C)NCCc1cccc(OC)c1. The molecule has 2 N–H and O–H groups in total. The van der Waals surface area contributed by atoms with Crippen molar-refractivity contribution >= 4 is 5.96 Å². The van der Waals surface area contributed by atoms with Crippen molar-refractivity contribution in [2.75, 3.05) is 40.5 Å². The van der Waals surface area contributed by atoms with Gasteiger partial charge in [-0.25, -0.2) is 0 Å².